The number of carbonyl (C=O) groups excluding carboxylic acids is 1. The smallest absolute Gasteiger partial charge is 0.185 e. The number of hydrogen-bond donors (Lipinski definition) is 3. The normalized spacial score (nSPS) is 38.2. The van der Waals surface area contributed by atoms with Crippen LogP contribution in [0.5, 0.6) is 0 Å². The quantitative estimate of drug-likeness (QED) is 0.278. The van der Waals surface area contributed by atoms with Crippen LogP contribution >= 0.6 is 0 Å². The molecule has 43 heavy (non-hydrogen) atoms. The van der Waals surface area contributed by atoms with E-state index in [9.17, 15) is 20.1 Å². The molecule has 5 aliphatic carbocycles. The van der Waals surface area contributed by atoms with Crippen molar-refractivity contribution in [2.75, 3.05) is 13.7 Å². The molecule has 0 heterocycles. The van der Waals surface area contributed by atoms with Gasteiger partial charge in [-0.25, -0.2) is 0 Å². The highest BCUT2D eigenvalue weighted by Gasteiger charge is 2.85. The Morgan fingerprint density at radius 3 is 2.63 bits per heavy atom. The van der Waals surface area contributed by atoms with E-state index in [0.29, 0.717) is 19.3 Å². The molecule has 0 radical (unpaired) electrons. The van der Waals surface area contributed by atoms with Gasteiger partial charge in [0.05, 0.1) is 11.5 Å². The molecule has 5 aliphatic rings. The first kappa shape index (κ1) is 27.7. The molecule has 5 heteroatoms. The van der Waals surface area contributed by atoms with Gasteiger partial charge in [-0.2, -0.15) is 0 Å². The second kappa shape index (κ2) is 9.58. The van der Waals surface area contributed by atoms with Gasteiger partial charge in [-0.3, -0.25) is 4.79 Å². The number of Topliss-reactive ketones (excluding diaryl/α,β-unsaturated/α-hetero) is 1. The first-order valence-electron chi connectivity index (χ1n) is 16.2. The SMILES string of the molecule is C=C1C2C(CO)C3CCCC14Cc1ccc5cc6c(cc5c1)C(Cc1cccc(c1)CCC(=O)C34C2(O)OC)C(O)CC6. The van der Waals surface area contributed by atoms with E-state index >= 15 is 0 Å². The molecule has 3 fully saturated rings. The van der Waals surface area contributed by atoms with Gasteiger partial charge in [0.1, 0.15) is 5.78 Å². The number of aryl methyl sites for hydroxylation is 2. The number of carbonyl (C=O) groups is 1. The molecule has 1 spiro atoms. The highest BCUT2D eigenvalue weighted by Crippen LogP contribution is 2.80. The third kappa shape index (κ3) is 3.45. The average molecular weight is 579 g/mol. The zero-order chi connectivity index (χ0) is 29.7. The first-order valence-corrected chi connectivity index (χ1v) is 16.2. The molecule has 5 nitrogen and oxygen atoms in total. The van der Waals surface area contributed by atoms with Crippen LogP contribution in [0.15, 0.2) is 66.7 Å². The fourth-order valence-electron chi connectivity index (χ4n) is 11.1. The number of aliphatic hydroxyl groups is 3. The van der Waals surface area contributed by atoms with Crippen molar-refractivity contribution in [1.29, 1.82) is 0 Å². The maximum atomic E-state index is 15.0. The Morgan fingerprint density at radius 2 is 1.81 bits per heavy atom. The van der Waals surface area contributed by atoms with E-state index < -0.39 is 28.6 Å². The minimum atomic E-state index is -1.70. The van der Waals surface area contributed by atoms with Gasteiger partial charge in [0.15, 0.2) is 5.79 Å². The Balaban J connectivity index is 1.37. The summed E-state index contributed by atoms with van der Waals surface area (Å²) in [5.41, 5.74) is 4.99. The summed E-state index contributed by atoms with van der Waals surface area (Å²) in [6.45, 7) is 4.53. The Hall–Kier alpha value is -2.83. The summed E-state index contributed by atoms with van der Waals surface area (Å²) >= 11 is 0. The third-order valence-electron chi connectivity index (χ3n) is 12.6. The van der Waals surface area contributed by atoms with Crippen LogP contribution in [0.2, 0.25) is 0 Å². The molecule has 7 bridgehead atoms. The number of hydrogen-bond acceptors (Lipinski definition) is 5. The monoisotopic (exact) mass is 578 g/mol. The molecular weight excluding hydrogens is 536 g/mol. The standard InChI is InChI=1S/C38H42O5/c1-22-35-31(21-39)32-7-4-14-36(22)20-25-8-10-26-18-27-11-12-33(40)30(29(27)19-28(26)16-25)17-24-6-3-5-23(15-24)9-13-34(41)37(32,36)38(35,42)43-2/h3,5-6,8,10,15-16,18-19,30-33,35,39-40,42H,1,4,7,9,11-14,17,20-21H2,2H3. The van der Waals surface area contributed by atoms with Gasteiger partial charge >= 0.3 is 0 Å². The molecule has 8 atom stereocenters. The Morgan fingerprint density at radius 1 is 0.977 bits per heavy atom. The van der Waals surface area contributed by atoms with Gasteiger partial charge in [-0.1, -0.05) is 73.2 Å². The molecule has 8 unspecified atom stereocenters. The molecule has 224 valence electrons. The number of aliphatic hydroxyl groups excluding tert-OH is 2. The summed E-state index contributed by atoms with van der Waals surface area (Å²) < 4.78 is 6.07. The summed E-state index contributed by atoms with van der Waals surface area (Å²) in [6.07, 6.45) is 5.94. The van der Waals surface area contributed by atoms with Crippen LogP contribution in [-0.4, -0.2) is 46.7 Å². The molecule has 3 saturated carbocycles. The molecular formula is C38H42O5. The number of ketones is 1. The number of rotatable bonds is 2. The molecule has 0 amide bonds. The topological polar surface area (TPSA) is 87.0 Å². The van der Waals surface area contributed by atoms with Crippen molar-refractivity contribution in [3.63, 3.8) is 0 Å². The van der Waals surface area contributed by atoms with E-state index in [4.69, 9.17) is 4.74 Å². The van der Waals surface area contributed by atoms with Crippen LogP contribution in [0.4, 0.5) is 0 Å². The van der Waals surface area contributed by atoms with Crippen molar-refractivity contribution < 1.29 is 24.9 Å². The summed E-state index contributed by atoms with van der Waals surface area (Å²) in [6, 6.07) is 19.7. The van der Waals surface area contributed by atoms with Gasteiger partial charge in [-0.05, 0) is 95.4 Å². The van der Waals surface area contributed by atoms with Gasteiger partial charge in [0.2, 0.25) is 0 Å². The zero-order valence-electron chi connectivity index (χ0n) is 25.0. The van der Waals surface area contributed by atoms with Gasteiger partial charge < -0.3 is 20.1 Å². The lowest BCUT2D eigenvalue weighted by atomic mass is 9.45. The Labute approximate surface area is 253 Å². The van der Waals surface area contributed by atoms with Gasteiger partial charge in [-0.15, -0.1) is 0 Å². The van der Waals surface area contributed by atoms with Crippen molar-refractivity contribution >= 4 is 16.6 Å². The average Bonchev–Trinajstić information content (AvgIpc) is 3.35. The van der Waals surface area contributed by atoms with Crippen LogP contribution < -0.4 is 0 Å². The Kier molecular flexibility index (Phi) is 6.17. The van der Waals surface area contributed by atoms with Crippen LogP contribution in [-0.2, 0) is 35.2 Å². The molecule has 0 aliphatic heterocycles. The summed E-state index contributed by atoms with van der Waals surface area (Å²) in [4.78, 5) is 15.0. The summed E-state index contributed by atoms with van der Waals surface area (Å²) in [5.74, 6) is -2.55. The maximum absolute atomic E-state index is 15.0. The number of benzene rings is 3. The van der Waals surface area contributed by atoms with Crippen LogP contribution in [0, 0.1) is 28.6 Å². The minimum absolute atomic E-state index is 0.0278. The molecule has 3 aromatic rings. The van der Waals surface area contributed by atoms with Crippen molar-refractivity contribution in [2.45, 2.75) is 75.6 Å². The molecule has 3 N–H and O–H groups in total. The van der Waals surface area contributed by atoms with E-state index in [0.717, 1.165) is 60.6 Å². The summed E-state index contributed by atoms with van der Waals surface area (Å²) in [5, 5.41) is 36.8. The lowest BCUT2D eigenvalue weighted by Gasteiger charge is -2.57. The second-order valence-corrected chi connectivity index (χ2v) is 14.2. The van der Waals surface area contributed by atoms with Crippen LogP contribution in [0.3, 0.4) is 0 Å². The van der Waals surface area contributed by atoms with E-state index in [-0.39, 0.29) is 30.1 Å². The van der Waals surface area contributed by atoms with Crippen molar-refractivity contribution in [3.05, 3.63) is 94.6 Å². The van der Waals surface area contributed by atoms with E-state index in [2.05, 4.69) is 61.2 Å². The van der Waals surface area contributed by atoms with Crippen LogP contribution in [0.1, 0.15) is 65.8 Å². The largest absolute Gasteiger partial charge is 0.396 e. The Bertz CT molecular complexity index is 1660. The minimum Gasteiger partial charge on any atom is -0.396 e. The van der Waals surface area contributed by atoms with Crippen molar-refractivity contribution in [2.24, 2.45) is 28.6 Å². The lowest BCUT2D eigenvalue weighted by molar-refractivity contribution is -0.267. The molecule has 8 rings (SSSR count). The predicted molar refractivity (Wildman–Crippen MR) is 166 cm³/mol. The fraction of sp³-hybridized carbons (Fsp3) is 0.500. The van der Waals surface area contributed by atoms with E-state index in [1.54, 1.807) is 0 Å². The predicted octanol–water partition coefficient (Wildman–Crippen LogP) is 5.45. The highest BCUT2D eigenvalue weighted by molar-refractivity contribution is 5.91. The van der Waals surface area contributed by atoms with Gasteiger partial charge in [0.25, 0.3) is 0 Å². The maximum Gasteiger partial charge on any atom is 0.185 e. The van der Waals surface area contributed by atoms with Crippen molar-refractivity contribution in [3.8, 4) is 0 Å². The molecule has 3 aromatic carbocycles. The number of methoxy groups -OCH3 is 1. The molecule has 0 saturated heterocycles. The molecule has 0 aromatic heterocycles. The number of ether oxygens (including phenoxy) is 1. The van der Waals surface area contributed by atoms with Crippen molar-refractivity contribution in [1.82, 2.24) is 0 Å². The number of fused-ring (bicyclic) bond motifs is 4. The zero-order valence-corrected chi connectivity index (χ0v) is 25.0. The second-order valence-electron chi connectivity index (χ2n) is 14.2. The fourth-order valence-corrected chi connectivity index (χ4v) is 11.1. The van der Waals surface area contributed by atoms with Gasteiger partial charge in [0, 0.05) is 37.4 Å². The van der Waals surface area contributed by atoms with Crippen LogP contribution in [0.25, 0.3) is 10.8 Å². The lowest BCUT2D eigenvalue weighted by Crippen LogP contribution is -2.62. The van der Waals surface area contributed by atoms with E-state index in [1.807, 2.05) is 0 Å². The first-order chi connectivity index (χ1) is 20.8. The van der Waals surface area contributed by atoms with E-state index in [1.165, 1.54) is 29.2 Å². The highest BCUT2D eigenvalue weighted by atomic mass is 16.6. The summed E-state index contributed by atoms with van der Waals surface area (Å²) in [7, 11) is 1.52. The third-order valence-corrected chi connectivity index (χ3v) is 12.6.